The fourth-order valence-corrected chi connectivity index (χ4v) is 1.58. The van der Waals surface area contributed by atoms with Crippen LogP contribution in [0, 0.1) is 11.3 Å². The van der Waals surface area contributed by atoms with E-state index in [-0.39, 0.29) is 5.91 Å². The molecule has 0 saturated carbocycles. The van der Waals surface area contributed by atoms with Gasteiger partial charge in [-0.25, -0.2) is 0 Å². The number of aromatic nitrogens is 2. The van der Waals surface area contributed by atoms with E-state index in [0.29, 0.717) is 17.8 Å². The second-order valence-corrected chi connectivity index (χ2v) is 3.93. The first-order valence-electron chi connectivity index (χ1n) is 5.66. The van der Waals surface area contributed by atoms with Crippen molar-refractivity contribution in [2.45, 2.75) is 6.54 Å². The topological polar surface area (TPSA) is 70.7 Å². The normalized spacial score (nSPS) is 9.63. The Balaban J connectivity index is 2.05. The molecule has 1 aromatic heterocycles. The zero-order chi connectivity index (χ0) is 13.7. The fraction of sp³-hybridized carbons (Fsp3) is 0.0714. The molecule has 2 rings (SSSR count). The van der Waals surface area contributed by atoms with Crippen LogP contribution in [0.3, 0.4) is 0 Å². The third kappa shape index (κ3) is 3.30. The van der Waals surface area contributed by atoms with Gasteiger partial charge in [0.15, 0.2) is 0 Å². The highest BCUT2D eigenvalue weighted by molar-refractivity contribution is 5.98. The molecule has 0 aliphatic carbocycles. The average Bonchev–Trinajstić information content (AvgIpc) is 2.86. The maximum absolute atomic E-state index is 11.1. The van der Waals surface area contributed by atoms with Crippen molar-refractivity contribution in [2.75, 3.05) is 5.32 Å². The van der Waals surface area contributed by atoms with E-state index in [2.05, 4.69) is 23.1 Å². The van der Waals surface area contributed by atoms with Crippen LogP contribution in [-0.4, -0.2) is 15.7 Å². The Bertz CT molecular complexity index is 634. The maximum atomic E-state index is 11.1. The minimum absolute atomic E-state index is 0.266. The molecule has 5 nitrogen and oxygen atoms in total. The van der Waals surface area contributed by atoms with Crippen molar-refractivity contribution in [1.82, 2.24) is 9.78 Å². The highest BCUT2D eigenvalue weighted by atomic mass is 16.1. The number of nitrogens with one attached hydrogen (secondary N) is 1. The van der Waals surface area contributed by atoms with Crippen molar-refractivity contribution < 1.29 is 4.79 Å². The Morgan fingerprint density at radius 2 is 2.21 bits per heavy atom. The van der Waals surface area contributed by atoms with E-state index in [1.807, 2.05) is 12.1 Å². The van der Waals surface area contributed by atoms with Gasteiger partial charge in [-0.3, -0.25) is 9.48 Å². The highest BCUT2D eigenvalue weighted by Crippen LogP contribution is 2.09. The van der Waals surface area contributed by atoms with Crippen LogP contribution in [0.5, 0.6) is 0 Å². The lowest BCUT2D eigenvalue weighted by Crippen LogP contribution is -2.06. The van der Waals surface area contributed by atoms with Crippen molar-refractivity contribution in [2.24, 2.45) is 0 Å². The van der Waals surface area contributed by atoms with Crippen LogP contribution in [0.25, 0.3) is 0 Å². The summed E-state index contributed by atoms with van der Waals surface area (Å²) in [6.45, 7) is 3.96. The molecule has 1 aromatic carbocycles. The summed E-state index contributed by atoms with van der Waals surface area (Å²) in [6, 6.07) is 9.35. The van der Waals surface area contributed by atoms with Crippen LogP contribution in [-0.2, 0) is 11.3 Å². The predicted molar refractivity (Wildman–Crippen MR) is 71.3 cm³/mol. The van der Waals surface area contributed by atoms with Crippen LogP contribution < -0.4 is 5.32 Å². The molecule has 0 bridgehead atoms. The zero-order valence-corrected chi connectivity index (χ0v) is 10.2. The molecule has 0 aliphatic rings. The molecule has 2 aromatic rings. The van der Waals surface area contributed by atoms with Crippen LogP contribution in [0.15, 0.2) is 49.3 Å². The average molecular weight is 252 g/mol. The first-order valence-corrected chi connectivity index (χ1v) is 5.66. The number of rotatable bonds is 4. The van der Waals surface area contributed by atoms with Gasteiger partial charge in [0.2, 0.25) is 5.91 Å². The summed E-state index contributed by atoms with van der Waals surface area (Å²) in [4.78, 5) is 11.1. The number of benzene rings is 1. The second-order valence-electron chi connectivity index (χ2n) is 3.93. The smallest absolute Gasteiger partial charge is 0.247 e. The van der Waals surface area contributed by atoms with Crippen LogP contribution in [0.1, 0.15) is 11.1 Å². The van der Waals surface area contributed by atoms with Gasteiger partial charge >= 0.3 is 0 Å². The second kappa shape index (κ2) is 5.65. The molecule has 5 heteroatoms. The summed E-state index contributed by atoms with van der Waals surface area (Å²) >= 11 is 0. The van der Waals surface area contributed by atoms with Gasteiger partial charge in [-0.05, 0) is 23.8 Å². The van der Waals surface area contributed by atoms with Gasteiger partial charge in [0.25, 0.3) is 0 Å². The molecule has 0 atom stereocenters. The molecule has 1 N–H and O–H groups in total. The van der Waals surface area contributed by atoms with Crippen molar-refractivity contribution in [3.63, 3.8) is 0 Å². The number of nitriles is 1. The number of hydrogen-bond donors (Lipinski definition) is 1. The summed E-state index contributed by atoms with van der Waals surface area (Å²) in [7, 11) is 0. The molecule has 0 unspecified atom stereocenters. The minimum atomic E-state index is -0.266. The SMILES string of the molecule is C=CC(=O)Nc1cnn(Cc2ccc(C#N)cc2)c1. The van der Waals surface area contributed by atoms with Crippen molar-refractivity contribution in [1.29, 1.82) is 5.26 Å². The first-order chi connectivity index (χ1) is 9.21. The van der Waals surface area contributed by atoms with E-state index in [1.54, 1.807) is 29.2 Å². The van der Waals surface area contributed by atoms with Crippen LogP contribution in [0.2, 0.25) is 0 Å². The molecular formula is C14H12N4O. The zero-order valence-electron chi connectivity index (χ0n) is 10.2. The number of carbonyl (C=O) groups excluding carboxylic acids is 1. The van der Waals surface area contributed by atoms with Crippen molar-refractivity contribution >= 4 is 11.6 Å². The van der Waals surface area contributed by atoms with E-state index >= 15 is 0 Å². The van der Waals surface area contributed by atoms with Crippen LogP contribution >= 0.6 is 0 Å². The molecule has 19 heavy (non-hydrogen) atoms. The standard InChI is InChI=1S/C14H12N4O/c1-2-14(19)17-13-8-16-18(10-13)9-12-5-3-11(7-15)4-6-12/h2-6,8,10H,1,9H2,(H,17,19). The summed E-state index contributed by atoms with van der Waals surface area (Å²) in [5.41, 5.74) is 2.28. The Kier molecular flexibility index (Phi) is 3.74. The Morgan fingerprint density at radius 1 is 1.47 bits per heavy atom. The minimum Gasteiger partial charge on any atom is -0.320 e. The number of carbonyl (C=O) groups is 1. The van der Waals surface area contributed by atoms with Gasteiger partial charge in [0, 0.05) is 6.20 Å². The molecule has 0 fully saturated rings. The van der Waals surface area contributed by atoms with E-state index in [0.717, 1.165) is 5.56 Å². The van der Waals surface area contributed by atoms with E-state index < -0.39 is 0 Å². The van der Waals surface area contributed by atoms with Crippen LogP contribution in [0.4, 0.5) is 5.69 Å². The first kappa shape index (κ1) is 12.6. The molecule has 0 spiro atoms. The predicted octanol–water partition coefficient (Wildman–Crippen LogP) is 1.93. The van der Waals surface area contributed by atoms with Gasteiger partial charge in [0.05, 0.1) is 30.1 Å². The monoisotopic (exact) mass is 252 g/mol. The fourth-order valence-electron chi connectivity index (χ4n) is 1.58. The van der Waals surface area contributed by atoms with Gasteiger partial charge in [-0.1, -0.05) is 18.7 Å². The molecule has 0 radical (unpaired) electrons. The molecule has 94 valence electrons. The molecule has 1 amide bonds. The van der Waals surface area contributed by atoms with Gasteiger partial charge < -0.3 is 5.32 Å². The van der Waals surface area contributed by atoms with Gasteiger partial charge in [-0.15, -0.1) is 0 Å². The third-order valence-corrected chi connectivity index (χ3v) is 2.51. The molecular weight excluding hydrogens is 240 g/mol. The number of anilines is 1. The lowest BCUT2D eigenvalue weighted by Gasteiger charge is -2.01. The Morgan fingerprint density at radius 3 is 2.84 bits per heavy atom. The van der Waals surface area contributed by atoms with E-state index in [9.17, 15) is 4.79 Å². The summed E-state index contributed by atoms with van der Waals surface area (Å²) in [5, 5.41) is 15.5. The van der Waals surface area contributed by atoms with Crippen molar-refractivity contribution in [3.05, 3.63) is 60.4 Å². The summed E-state index contributed by atoms with van der Waals surface area (Å²) in [5.74, 6) is -0.266. The third-order valence-electron chi connectivity index (χ3n) is 2.51. The summed E-state index contributed by atoms with van der Waals surface area (Å²) in [6.07, 6.45) is 4.52. The van der Waals surface area contributed by atoms with E-state index in [1.165, 1.54) is 6.08 Å². The summed E-state index contributed by atoms with van der Waals surface area (Å²) < 4.78 is 1.71. The number of amides is 1. The van der Waals surface area contributed by atoms with E-state index in [4.69, 9.17) is 5.26 Å². The maximum Gasteiger partial charge on any atom is 0.247 e. The van der Waals surface area contributed by atoms with Gasteiger partial charge in [-0.2, -0.15) is 10.4 Å². The molecule has 0 saturated heterocycles. The Labute approximate surface area is 110 Å². The number of nitrogens with zero attached hydrogens (tertiary/aromatic N) is 3. The highest BCUT2D eigenvalue weighted by Gasteiger charge is 2.02. The number of hydrogen-bond acceptors (Lipinski definition) is 3. The van der Waals surface area contributed by atoms with Crippen molar-refractivity contribution in [3.8, 4) is 6.07 Å². The lowest BCUT2D eigenvalue weighted by molar-refractivity contribution is -0.111. The van der Waals surface area contributed by atoms with Gasteiger partial charge in [0.1, 0.15) is 0 Å². The largest absolute Gasteiger partial charge is 0.320 e. The Hall–Kier alpha value is -2.87. The molecule has 1 heterocycles. The molecule has 0 aliphatic heterocycles. The lowest BCUT2D eigenvalue weighted by atomic mass is 10.1. The quantitative estimate of drug-likeness (QED) is 0.845.